The summed E-state index contributed by atoms with van der Waals surface area (Å²) in [6.45, 7) is 5.41. The summed E-state index contributed by atoms with van der Waals surface area (Å²) >= 11 is 0. The second-order valence-corrected chi connectivity index (χ2v) is 5.40. The van der Waals surface area contributed by atoms with E-state index in [-0.39, 0.29) is 0 Å². The molecule has 0 aromatic carbocycles. The molecule has 1 aromatic heterocycles. The Labute approximate surface area is 127 Å². The van der Waals surface area contributed by atoms with Crippen molar-refractivity contribution in [3.05, 3.63) is 23.5 Å². The van der Waals surface area contributed by atoms with Crippen molar-refractivity contribution in [1.82, 2.24) is 10.3 Å². The Balaban J connectivity index is 1.70. The van der Waals surface area contributed by atoms with E-state index in [2.05, 4.69) is 10.3 Å². The Kier molecular flexibility index (Phi) is 6.92. The van der Waals surface area contributed by atoms with E-state index in [9.17, 15) is 0 Å². The minimum absolute atomic E-state index is 0.562. The molecule has 21 heavy (non-hydrogen) atoms. The van der Waals surface area contributed by atoms with Crippen LogP contribution in [0.15, 0.2) is 12.3 Å². The molecule has 5 heteroatoms. The number of ether oxygens (including phenoxy) is 3. The van der Waals surface area contributed by atoms with Crippen LogP contribution in [-0.2, 0) is 16.0 Å². The summed E-state index contributed by atoms with van der Waals surface area (Å²) in [7, 11) is 1.70. The van der Waals surface area contributed by atoms with Crippen LogP contribution in [0, 0.1) is 6.92 Å². The molecule has 118 valence electrons. The quantitative estimate of drug-likeness (QED) is 0.633. The lowest BCUT2D eigenvalue weighted by molar-refractivity contribution is 0.0803. The minimum atomic E-state index is 0.562. The average Bonchev–Trinajstić information content (AvgIpc) is 3.29. The number of pyridine rings is 1. The molecule has 1 fully saturated rings. The van der Waals surface area contributed by atoms with Crippen LogP contribution in [0.25, 0.3) is 0 Å². The number of aryl methyl sites for hydroxylation is 1. The van der Waals surface area contributed by atoms with Crippen LogP contribution >= 0.6 is 0 Å². The van der Waals surface area contributed by atoms with Crippen LogP contribution in [0.2, 0.25) is 0 Å². The van der Waals surface area contributed by atoms with Gasteiger partial charge in [-0.3, -0.25) is 4.98 Å². The number of hydrogen-bond acceptors (Lipinski definition) is 5. The summed E-state index contributed by atoms with van der Waals surface area (Å²) in [6, 6.07) is 2.68. The van der Waals surface area contributed by atoms with Crippen molar-refractivity contribution >= 4 is 0 Å². The average molecular weight is 294 g/mol. The van der Waals surface area contributed by atoms with Crippen LogP contribution < -0.4 is 10.1 Å². The minimum Gasteiger partial charge on any atom is -0.491 e. The highest BCUT2D eigenvalue weighted by molar-refractivity contribution is 5.32. The van der Waals surface area contributed by atoms with Gasteiger partial charge < -0.3 is 19.5 Å². The third-order valence-corrected chi connectivity index (χ3v) is 3.36. The first-order valence-electron chi connectivity index (χ1n) is 7.68. The van der Waals surface area contributed by atoms with Gasteiger partial charge in [0.05, 0.1) is 6.61 Å². The zero-order chi connectivity index (χ0) is 14.9. The fourth-order valence-electron chi connectivity index (χ4n) is 1.99. The fraction of sp³-hybridized carbons (Fsp3) is 0.688. The maximum atomic E-state index is 5.84. The molecule has 1 aliphatic rings. The number of nitrogens with one attached hydrogen (secondary N) is 1. The predicted molar refractivity (Wildman–Crippen MR) is 81.6 cm³/mol. The van der Waals surface area contributed by atoms with Crippen molar-refractivity contribution in [2.45, 2.75) is 38.8 Å². The van der Waals surface area contributed by atoms with E-state index in [0.29, 0.717) is 25.9 Å². The summed E-state index contributed by atoms with van der Waals surface area (Å²) in [5, 5.41) is 3.49. The second kappa shape index (κ2) is 8.97. The molecule has 2 rings (SSSR count). The maximum Gasteiger partial charge on any atom is 0.127 e. The van der Waals surface area contributed by atoms with Gasteiger partial charge in [0, 0.05) is 56.4 Å². The highest BCUT2D eigenvalue weighted by atomic mass is 16.5. The van der Waals surface area contributed by atoms with Gasteiger partial charge in [-0.25, -0.2) is 0 Å². The van der Waals surface area contributed by atoms with Crippen LogP contribution in [0.1, 0.15) is 30.5 Å². The highest BCUT2D eigenvalue weighted by Crippen LogP contribution is 2.22. The Hall–Kier alpha value is -1.17. The second-order valence-electron chi connectivity index (χ2n) is 5.40. The Morgan fingerprint density at radius 3 is 2.86 bits per heavy atom. The fourth-order valence-corrected chi connectivity index (χ4v) is 1.99. The van der Waals surface area contributed by atoms with Gasteiger partial charge in [0.2, 0.25) is 0 Å². The Morgan fingerprint density at radius 2 is 2.10 bits per heavy atom. The van der Waals surface area contributed by atoms with E-state index in [4.69, 9.17) is 14.2 Å². The first-order chi connectivity index (χ1) is 10.3. The zero-order valence-electron chi connectivity index (χ0n) is 13.1. The van der Waals surface area contributed by atoms with Crippen LogP contribution in [0.4, 0.5) is 0 Å². The zero-order valence-corrected chi connectivity index (χ0v) is 13.1. The summed E-state index contributed by atoms with van der Waals surface area (Å²) in [5.41, 5.74) is 2.09. The van der Waals surface area contributed by atoms with Crippen LogP contribution in [-0.4, -0.2) is 44.6 Å². The number of nitrogens with zero attached hydrogens (tertiary/aromatic N) is 1. The van der Waals surface area contributed by atoms with Gasteiger partial charge in [-0.2, -0.15) is 0 Å². The molecule has 1 saturated carbocycles. The number of rotatable bonds is 11. The topological polar surface area (TPSA) is 52.6 Å². The van der Waals surface area contributed by atoms with E-state index in [1.807, 2.05) is 19.2 Å². The third kappa shape index (κ3) is 6.42. The predicted octanol–water partition coefficient (Wildman–Crippen LogP) is 2.07. The molecule has 1 N–H and O–H groups in total. The third-order valence-electron chi connectivity index (χ3n) is 3.36. The van der Waals surface area contributed by atoms with Gasteiger partial charge in [-0.15, -0.1) is 0 Å². The van der Waals surface area contributed by atoms with Crippen molar-refractivity contribution in [2.75, 3.05) is 33.5 Å². The van der Waals surface area contributed by atoms with E-state index in [0.717, 1.165) is 36.6 Å². The SMILES string of the molecule is COCCCOCCOc1cc(C)ncc1CNC1CC1. The largest absolute Gasteiger partial charge is 0.491 e. The first-order valence-corrected chi connectivity index (χ1v) is 7.68. The number of methoxy groups -OCH3 is 1. The molecular formula is C16H26N2O3. The lowest BCUT2D eigenvalue weighted by Crippen LogP contribution is -2.17. The van der Waals surface area contributed by atoms with Crippen molar-refractivity contribution in [3.8, 4) is 5.75 Å². The van der Waals surface area contributed by atoms with Crippen LogP contribution in [0.3, 0.4) is 0 Å². The highest BCUT2D eigenvalue weighted by Gasteiger charge is 2.20. The monoisotopic (exact) mass is 294 g/mol. The molecule has 5 nitrogen and oxygen atoms in total. The van der Waals surface area contributed by atoms with Crippen molar-refractivity contribution in [3.63, 3.8) is 0 Å². The molecule has 0 radical (unpaired) electrons. The van der Waals surface area contributed by atoms with Crippen LogP contribution in [0.5, 0.6) is 5.75 Å². The Bertz CT molecular complexity index is 422. The summed E-state index contributed by atoms with van der Waals surface area (Å²) in [6.07, 6.45) is 5.39. The molecule has 0 unspecified atom stereocenters. The van der Waals surface area contributed by atoms with Crippen molar-refractivity contribution in [2.24, 2.45) is 0 Å². The van der Waals surface area contributed by atoms with Gasteiger partial charge in [0.25, 0.3) is 0 Å². The molecule has 1 aromatic rings. The van der Waals surface area contributed by atoms with E-state index in [1.54, 1.807) is 7.11 Å². The molecule has 0 aliphatic heterocycles. The molecular weight excluding hydrogens is 268 g/mol. The molecule has 0 saturated heterocycles. The van der Waals surface area contributed by atoms with Gasteiger partial charge in [-0.05, 0) is 26.2 Å². The number of hydrogen-bond donors (Lipinski definition) is 1. The molecule has 1 aliphatic carbocycles. The van der Waals surface area contributed by atoms with Crippen molar-refractivity contribution < 1.29 is 14.2 Å². The lowest BCUT2D eigenvalue weighted by Gasteiger charge is -2.12. The summed E-state index contributed by atoms with van der Waals surface area (Å²) in [4.78, 5) is 4.35. The standard InChI is InChI=1S/C16H26N2O3/c1-13-10-16(21-9-8-20-7-3-6-19-2)14(11-17-13)12-18-15-4-5-15/h10-11,15,18H,3-9,12H2,1-2H3. The summed E-state index contributed by atoms with van der Waals surface area (Å²) in [5.74, 6) is 0.913. The number of aromatic nitrogens is 1. The van der Waals surface area contributed by atoms with E-state index in [1.165, 1.54) is 12.8 Å². The molecule has 0 atom stereocenters. The maximum absolute atomic E-state index is 5.84. The molecule has 0 amide bonds. The van der Waals surface area contributed by atoms with E-state index >= 15 is 0 Å². The molecule has 1 heterocycles. The van der Waals surface area contributed by atoms with Gasteiger partial charge in [-0.1, -0.05) is 0 Å². The van der Waals surface area contributed by atoms with Crippen molar-refractivity contribution in [1.29, 1.82) is 0 Å². The smallest absolute Gasteiger partial charge is 0.127 e. The van der Waals surface area contributed by atoms with Gasteiger partial charge >= 0.3 is 0 Å². The van der Waals surface area contributed by atoms with Gasteiger partial charge in [0.15, 0.2) is 0 Å². The first kappa shape index (κ1) is 16.2. The Morgan fingerprint density at radius 1 is 1.24 bits per heavy atom. The molecule has 0 bridgehead atoms. The van der Waals surface area contributed by atoms with Gasteiger partial charge in [0.1, 0.15) is 12.4 Å². The normalized spacial score (nSPS) is 14.4. The molecule has 0 spiro atoms. The van der Waals surface area contributed by atoms with E-state index < -0.39 is 0 Å². The summed E-state index contributed by atoms with van der Waals surface area (Å²) < 4.78 is 16.3. The lowest BCUT2D eigenvalue weighted by atomic mass is 10.2.